The number of rotatable bonds is 3. The van der Waals surface area contributed by atoms with Crippen molar-refractivity contribution in [2.24, 2.45) is 5.92 Å². The van der Waals surface area contributed by atoms with E-state index in [0.717, 1.165) is 10.9 Å². The molecule has 0 atom stereocenters. The summed E-state index contributed by atoms with van der Waals surface area (Å²) in [6.07, 6.45) is 1.86. The fourth-order valence-electron chi connectivity index (χ4n) is 1.51. The predicted molar refractivity (Wildman–Crippen MR) is 63.4 cm³/mol. The van der Waals surface area contributed by atoms with Crippen molar-refractivity contribution in [2.75, 3.05) is 6.61 Å². The van der Waals surface area contributed by atoms with Gasteiger partial charge in [-0.25, -0.2) is 4.79 Å². The molecule has 1 aromatic carbocycles. The summed E-state index contributed by atoms with van der Waals surface area (Å²) in [4.78, 5) is 14.8. The highest BCUT2D eigenvalue weighted by atomic mass is 16.5. The molecule has 0 unspecified atom stereocenters. The van der Waals surface area contributed by atoms with Crippen LogP contribution in [-0.2, 0) is 4.74 Å². The van der Waals surface area contributed by atoms with Crippen molar-refractivity contribution in [1.29, 1.82) is 0 Å². The standard InChI is InChI=1S/C13H15NO2/c1-9(2)8-16-13(15)11-3-4-12-10(7-11)5-6-14-12/h3-7,9,14H,8H2,1-2H3. The van der Waals surface area contributed by atoms with Gasteiger partial charge in [-0.3, -0.25) is 0 Å². The first-order chi connectivity index (χ1) is 7.66. The Morgan fingerprint density at radius 1 is 1.38 bits per heavy atom. The summed E-state index contributed by atoms with van der Waals surface area (Å²) < 4.78 is 5.17. The smallest absolute Gasteiger partial charge is 0.338 e. The van der Waals surface area contributed by atoms with Crippen LogP contribution in [-0.4, -0.2) is 17.6 Å². The molecule has 0 bridgehead atoms. The number of aromatic amines is 1. The van der Waals surface area contributed by atoms with Crippen LogP contribution < -0.4 is 0 Å². The lowest BCUT2D eigenvalue weighted by atomic mass is 10.1. The van der Waals surface area contributed by atoms with Crippen LogP contribution in [0.1, 0.15) is 24.2 Å². The topological polar surface area (TPSA) is 42.1 Å². The van der Waals surface area contributed by atoms with Crippen molar-refractivity contribution in [3.63, 3.8) is 0 Å². The second-order valence-corrected chi connectivity index (χ2v) is 4.27. The first-order valence-electron chi connectivity index (χ1n) is 5.41. The number of hydrogen-bond acceptors (Lipinski definition) is 2. The molecule has 16 heavy (non-hydrogen) atoms. The Kier molecular flexibility index (Phi) is 2.95. The largest absolute Gasteiger partial charge is 0.462 e. The van der Waals surface area contributed by atoms with Crippen LogP contribution >= 0.6 is 0 Å². The Balaban J connectivity index is 2.16. The van der Waals surface area contributed by atoms with Crippen LogP contribution in [0.25, 0.3) is 10.9 Å². The summed E-state index contributed by atoms with van der Waals surface area (Å²) in [6.45, 7) is 4.50. The van der Waals surface area contributed by atoms with E-state index in [0.29, 0.717) is 18.1 Å². The van der Waals surface area contributed by atoms with E-state index in [-0.39, 0.29) is 5.97 Å². The predicted octanol–water partition coefficient (Wildman–Crippen LogP) is 2.98. The van der Waals surface area contributed by atoms with Crippen molar-refractivity contribution in [3.8, 4) is 0 Å². The fraction of sp³-hybridized carbons (Fsp3) is 0.308. The summed E-state index contributed by atoms with van der Waals surface area (Å²) in [7, 11) is 0. The lowest BCUT2D eigenvalue weighted by Crippen LogP contribution is -2.09. The molecule has 1 N–H and O–H groups in total. The zero-order chi connectivity index (χ0) is 11.5. The van der Waals surface area contributed by atoms with Gasteiger partial charge < -0.3 is 9.72 Å². The molecule has 0 aliphatic heterocycles. The summed E-state index contributed by atoms with van der Waals surface area (Å²) >= 11 is 0. The molecule has 0 aliphatic carbocycles. The molecule has 0 spiro atoms. The third kappa shape index (κ3) is 2.24. The van der Waals surface area contributed by atoms with Crippen LogP contribution in [0.15, 0.2) is 30.5 Å². The maximum atomic E-state index is 11.7. The van der Waals surface area contributed by atoms with Crippen molar-refractivity contribution in [3.05, 3.63) is 36.0 Å². The minimum atomic E-state index is -0.253. The van der Waals surface area contributed by atoms with Gasteiger partial charge in [-0.15, -0.1) is 0 Å². The first kappa shape index (κ1) is 10.7. The molecule has 3 heteroatoms. The van der Waals surface area contributed by atoms with Gasteiger partial charge in [0, 0.05) is 17.1 Å². The third-order valence-electron chi connectivity index (χ3n) is 2.34. The van der Waals surface area contributed by atoms with Crippen LogP contribution in [0.4, 0.5) is 0 Å². The van der Waals surface area contributed by atoms with E-state index in [4.69, 9.17) is 4.74 Å². The highest BCUT2D eigenvalue weighted by Gasteiger charge is 2.08. The number of carbonyl (C=O) groups excluding carboxylic acids is 1. The van der Waals surface area contributed by atoms with E-state index >= 15 is 0 Å². The summed E-state index contributed by atoms with van der Waals surface area (Å²) in [5, 5.41) is 1.03. The second-order valence-electron chi connectivity index (χ2n) is 4.27. The molecule has 1 aromatic heterocycles. The molecule has 0 saturated heterocycles. The van der Waals surface area contributed by atoms with Gasteiger partial charge >= 0.3 is 5.97 Å². The highest BCUT2D eigenvalue weighted by Crippen LogP contribution is 2.15. The lowest BCUT2D eigenvalue weighted by molar-refractivity contribution is 0.0459. The van der Waals surface area contributed by atoms with Gasteiger partial charge in [-0.05, 0) is 30.2 Å². The molecule has 84 valence electrons. The Labute approximate surface area is 94.4 Å². The van der Waals surface area contributed by atoms with Crippen molar-refractivity contribution >= 4 is 16.9 Å². The molecule has 0 radical (unpaired) electrons. The van der Waals surface area contributed by atoms with Gasteiger partial charge in [-0.1, -0.05) is 13.8 Å². The van der Waals surface area contributed by atoms with Gasteiger partial charge in [0.05, 0.1) is 12.2 Å². The highest BCUT2D eigenvalue weighted by molar-refractivity contribution is 5.94. The van der Waals surface area contributed by atoms with E-state index in [9.17, 15) is 4.79 Å². The maximum Gasteiger partial charge on any atom is 0.338 e. The van der Waals surface area contributed by atoms with Crippen LogP contribution in [0.2, 0.25) is 0 Å². The number of H-pyrrole nitrogens is 1. The Bertz CT molecular complexity index is 499. The fourth-order valence-corrected chi connectivity index (χ4v) is 1.51. The normalized spacial score (nSPS) is 10.9. The molecular formula is C13H15NO2. The number of fused-ring (bicyclic) bond motifs is 1. The molecule has 2 rings (SSSR count). The number of nitrogens with one attached hydrogen (secondary N) is 1. The average molecular weight is 217 g/mol. The van der Waals surface area contributed by atoms with E-state index in [1.807, 2.05) is 38.2 Å². The van der Waals surface area contributed by atoms with Gasteiger partial charge in [0.15, 0.2) is 0 Å². The average Bonchev–Trinajstić information content (AvgIpc) is 2.72. The number of aromatic nitrogens is 1. The van der Waals surface area contributed by atoms with E-state index in [1.165, 1.54) is 0 Å². The maximum absolute atomic E-state index is 11.7. The number of ether oxygens (including phenoxy) is 1. The van der Waals surface area contributed by atoms with Crippen molar-refractivity contribution < 1.29 is 9.53 Å². The minimum Gasteiger partial charge on any atom is -0.462 e. The van der Waals surface area contributed by atoms with Crippen molar-refractivity contribution in [1.82, 2.24) is 4.98 Å². The van der Waals surface area contributed by atoms with Crippen LogP contribution in [0.3, 0.4) is 0 Å². The van der Waals surface area contributed by atoms with Gasteiger partial charge in [-0.2, -0.15) is 0 Å². The van der Waals surface area contributed by atoms with Crippen LogP contribution in [0, 0.1) is 5.92 Å². The summed E-state index contributed by atoms with van der Waals surface area (Å²) in [5.41, 5.74) is 1.63. The molecule has 2 aromatic rings. The lowest BCUT2D eigenvalue weighted by Gasteiger charge is -2.06. The molecule has 0 fully saturated rings. The first-order valence-corrected chi connectivity index (χ1v) is 5.41. The van der Waals surface area contributed by atoms with E-state index in [1.54, 1.807) is 6.07 Å². The zero-order valence-corrected chi connectivity index (χ0v) is 9.49. The van der Waals surface area contributed by atoms with Crippen LogP contribution in [0.5, 0.6) is 0 Å². The molecule has 0 amide bonds. The summed E-state index contributed by atoms with van der Waals surface area (Å²) in [6, 6.07) is 7.45. The number of benzene rings is 1. The molecule has 1 heterocycles. The third-order valence-corrected chi connectivity index (χ3v) is 2.34. The van der Waals surface area contributed by atoms with E-state index < -0.39 is 0 Å². The monoisotopic (exact) mass is 217 g/mol. The number of hydrogen-bond donors (Lipinski definition) is 1. The van der Waals surface area contributed by atoms with Gasteiger partial charge in [0.1, 0.15) is 0 Å². The Morgan fingerprint density at radius 2 is 2.19 bits per heavy atom. The quantitative estimate of drug-likeness (QED) is 0.803. The minimum absolute atomic E-state index is 0.253. The zero-order valence-electron chi connectivity index (χ0n) is 9.49. The second kappa shape index (κ2) is 4.39. The van der Waals surface area contributed by atoms with Gasteiger partial charge in [0.2, 0.25) is 0 Å². The summed E-state index contributed by atoms with van der Waals surface area (Å²) in [5.74, 6) is 0.108. The molecule has 3 nitrogen and oxygen atoms in total. The Morgan fingerprint density at radius 3 is 2.94 bits per heavy atom. The number of carbonyl (C=O) groups is 1. The SMILES string of the molecule is CC(C)COC(=O)c1ccc2[nH]ccc2c1. The van der Waals surface area contributed by atoms with Crippen molar-refractivity contribution in [2.45, 2.75) is 13.8 Å². The molecular weight excluding hydrogens is 202 g/mol. The molecule has 0 aliphatic rings. The number of esters is 1. The van der Waals surface area contributed by atoms with E-state index in [2.05, 4.69) is 4.98 Å². The Hall–Kier alpha value is -1.77. The molecule has 0 saturated carbocycles. The van der Waals surface area contributed by atoms with Gasteiger partial charge in [0.25, 0.3) is 0 Å².